The van der Waals surface area contributed by atoms with Gasteiger partial charge in [0, 0.05) is 19.1 Å². The number of benzene rings is 1. The summed E-state index contributed by atoms with van der Waals surface area (Å²) in [7, 11) is -3.48. The van der Waals surface area contributed by atoms with E-state index in [4.69, 9.17) is 0 Å². The number of nitrogens with one attached hydrogen (secondary N) is 1. The Morgan fingerprint density at radius 3 is 2.55 bits per heavy atom. The molecule has 0 amide bonds. The molecule has 0 radical (unpaired) electrons. The van der Waals surface area contributed by atoms with Gasteiger partial charge in [-0.05, 0) is 57.0 Å². The number of rotatable bonds is 5. The summed E-state index contributed by atoms with van der Waals surface area (Å²) in [5, 5.41) is 9.19. The summed E-state index contributed by atoms with van der Waals surface area (Å²) in [6, 6.07) is 6.09. The Morgan fingerprint density at radius 1 is 1.35 bits per heavy atom. The van der Waals surface area contributed by atoms with E-state index in [9.17, 15) is 13.5 Å². The Morgan fingerprint density at radius 2 is 2.00 bits per heavy atom. The summed E-state index contributed by atoms with van der Waals surface area (Å²) in [5.41, 5.74) is 0. The van der Waals surface area contributed by atoms with Crippen molar-refractivity contribution < 1.29 is 13.5 Å². The average molecular weight is 298 g/mol. The molecule has 5 nitrogen and oxygen atoms in total. The molecule has 6 heteroatoms. The third kappa shape index (κ3) is 3.71. The van der Waals surface area contributed by atoms with Crippen LogP contribution in [0, 0.1) is 5.92 Å². The van der Waals surface area contributed by atoms with E-state index in [0.29, 0.717) is 18.5 Å². The number of sulfonamides is 1. The number of phenolic OH excluding ortho intramolecular Hbond substituents is 1. The molecule has 20 heavy (non-hydrogen) atoms. The molecule has 0 saturated carbocycles. The second-order valence-corrected chi connectivity index (χ2v) is 7.36. The average Bonchev–Trinajstić information content (AvgIpc) is 2.86. The summed E-state index contributed by atoms with van der Waals surface area (Å²) < 4.78 is 26.9. The molecular weight excluding hydrogens is 276 g/mol. The lowest BCUT2D eigenvalue weighted by Crippen LogP contribution is -2.33. The Kier molecular flexibility index (Phi) is 4.67. The number of likely N-dealkylation sites (tertiary alicyclic amines) is 1. The highest BCUT2D eigenvalue weighted by Crippen LogP contribution is 2.19. The second kappa shape index (κ2) is 6.11. The van der Waals surface area contributed by atoms with Gasteiger partial charge in [0.2, 0.25) is 10.0 Å². The summed E-state index contributed by atoms with van der Waals surface area (Å²) in [6.45, 7) is 6.75. The van der Waals surface area contributed by atoms with E-state index >= 15 is 0 Å². The topological polar surface area (TPSA) is 69.6 Å². The molecule has 1 unspecified atom stereocenters. The van der Waals surface area contributed by atoms with E-state index in [1.54, 1.807) is 0 Å². The first-order chi connectivity index (χ1) is 9.38. The van der Waals surface area contributed by atoms with Crippen molar-refractivity contribution in [1.29, 1.82) is 0 Å². The predicted molar refractivity (Wildman–Crippen MR) is 78.1 cm³/mol. The minimum absolute atomic E-state index is 0.0623. The van der Waals surface area contributed by atoms with Gasteiger partial charge in [-0.1, -0.05) is 0 Å². The van der Waals surface area contributed by atoms with Gasteiger partial charge in [0.25, 0.3) is 0 Å². The number of hydrogen-bond acceptors (Lipinski definition) is 4. The Bertz CT molecular complexity index is 540. The fraction of sp³-hybridized carbons (Fsp3) is 0.571. The SMILES string of the molecule is CC(C)N1CCC(CNS(=O)(=O)c2ccc(O)cc2)C1. The number of phenols is 1. The third-order valence-electron chi connectivity index (χ3n) is 3.76. The zero-order valence-electron chi connectivity index (χ0n) is 11.9. The predicted octanol–water partition coefficient (Wildman–Crippen LogP) is 1.40. The van der Waals surface area contributed by atoms with Gasteiger partial charge in [0.05, 0.1) is 4.90 Å². The molecule has 1 heterocycles. The Hall–Kier alpha value is -1.11. The lowest BCUT2D eigenvalue weighted by atomic mass is 10.1. The zero-order chi connectivity index (χ0) is 14.8. The summed E-state index contributed by atoms with van der Waals surface area (Å²) in [5.74, 6) is 0.427. The number of hydrogen-bond donors (Lipinski definition) is 2. The maximum absolute atomic E-state index is 12.1. The van der Waals surface area contributed by atoms with Crippen molar-refractivity contribution in [2.45, 2.75) is 31.2 Å². The minimum Gasteiger partial charge on any atom is -0.508 e. The minimum atomic E-state index is -3.48. The molecule has 1 saturated heterocycles. The van der Waals surface area contributed by atoms with Crippen LogP contribution in [0.25, 0.3) is 0 Å². The standard InChI is InChI=1S/C14H22N2O3S/c1-11(2)16-8-7-12(10-16)9-15-20(18,19)14-5-3-13(17)4-6-14/h3-6,11-12,15,17H,7-10H2,1-2H3. The van der Waals surface area contributed by atoms with Crippen molar-refractivity contribution in [3.05, 3.63) is 24.3 Å². The van der Waals surface area contributed by atoms with Crippen LogP contribution in [-0.4, -0.2) is 44.1 Å². The molecule has 0 spiro atoms. The quantitative estimate of drug-likeness (QED) is 0.862. The van der Waals surface area contributed by atoms with E-state index in [-0.39, 0.29) is 10.6 Å². The molecule has 1 aromatic rings. The highest BCUT2D eigenvalue weighted by Gasteiger charge is 2.25. The van der Waals surface area contributed by atoms with Crippen LogP contribution in [0.15, 0.2) is 29.2 Å². The molecule has 2 rings (SSSR count). The molecule has 112 valence electrons. The van der Waals surface area contributed by atoms with E-state index in [1.807, 2.05) is 0 Å². The van der Waals surface area contributed by atoms with E-state index in [0.717, 1.165) is 19.5 Å². The largest absolute Gasteiger partial charge is 0.508 e. The van der Waals surface area contributed by atoms with Gasteiger partial charge in [-0.2, -0.15) is 0 Å². The lowest BCUT2D eigenvalue weighted by Gasteiger charge is -2.20. The fourth-order valence-electron chi connectivity index (χ4n) is 2.43. The van der Waals surface area contributed by atoms with Crippen molar-refractivity contribution >= 4 is 10.0 Å². The highest BCUT2D eigenvalue weighted by molar-refractivity contribution is 7.89. The molecule has 1 fully saturated rings. The van der Waals surface area contributed by atoms with Gasteiger partial charge < -0.3 is 10.0 Å². The Labute approximate surface area is 120 Å². The molecule has 0 bridgehead atoms. The molecule has 1 aromatic carbocycles. The fourth-order valence-corrected chi connectivity index (χ4v) is 3.55. The maximum Gasteiger partial charge on any atom is 0.240 e. The summed E-state index contributed by atoms with van der Waals surface area (Å²) >= 11 is 0. The summed E-state index contributed by atoms with van der Waals surface area (Å²) in [6.07, 6.45) is 1.02. The van der Waals surface area contributed by atoms with Crippen LogP contribution in [0.3, 0.4) is 0 Å². The lowest BCUT2D eigenvalue weighted by molar-refractivity contribution is 0.265. The molecule has 1 aliphatic rings. The second-order valence-electron chi connectivity index (χ2n) is 5.59. The van der Waals surface area contributed by atoms with Crippen molar-refractivity contribution in [3.8, 4) is 5.75 Å². The smallest absolute Gasteiger partial charge is 0.240 e. The van der Waals surface area contributed by atoms with Gasteiger partial charge in [0.15, 0.2) is 0 Å². The zero-order valence-corrected chi connectivity index (χ0v) is 12.7. The summed E-state index contributed by atoms with van der Waals surface area (Å²) in [4.78, 5) is 2.55. The first-order valence-corrected chi connectivity index (χ1v) is 8.39. The number of aromatic hydroxyl groups is 1. The Balaban J connectivity index is 1.92. The van der Waals surface area contributed by atoms with Crippen molar-refractivity contribution in [3.63, 3.8) is 0 Å². The van der Waals surface area contributed by atoms with Crippen LogP contribution < -0.4 is 4.72 Å². The van der Waals surface area contributed by atoms with Crippen molar-refractivity contribution in [2.24, 2.45) is 5.92 Å². The van der Waals surface area contributed by atoms with Gasteiger partial charge in [0.1, 0.15) is 5.75 Å². The van der Waals surface area contributed by atoms with E-state index in [1.165, 1.54) is 24.3 Å². The van der Waals surface area contributed by atoms with E-state index in [2.05, 4.69) is 23.5 Å². The third-order valence-corrected chi connectivity index (χ3v) is 5.20. The van der Waals surface area contributed by atoms with Gasteiger partial charge >= 0.3 is 0 Å². The molecule has 0 aliphatic carbocycles. The van der Waals surface area contributed by atoms with Crippen LogP contribution in [0.2, 0.25) is 0 Å². The molecule has 1 aliphatic heterocycles. The van der Waals surface area contributed by atoms with Crippen LogP contribution in [0.4, 0.5) is 0 Å². The first kappa shape index (κ1) is 15.3. The molecule has 2 N–H and O–H groups in total. The number of nitrogens with zero attached hydrogens (tertiary/aromatic N) is 1. The molecule has 0 aromatic heterocycles. The molecular formula is C14H22N2O3S. The van der Waals surface area contributed by atoms with Gasteiger partial charge in [-0.15, -0.1) is 0 Å². The van der Waals surface area contributed by atoms with Crippen molar-refractivity contribution in [2.75, 3.05) is 19.6 Å². The normalized spacial score (nSPS) is 20.6. The molecule has 1 atom stereocenters. The van der Waals surface area contributed by atoms with Crippen LogP contribution in [-0.2, 0) is 10.0 Å². The van der Waals surface area contributed by atoms with Crippen LogP contribution in [0.5, 0.6) is 5.75 Å². The first-order valence-electron chi connectivity index (χ1n) is 6.91. The van der Waals surface area contributed by atoms with Crippen LogP contribution >= 0.6 is 0 Å². The van der Waals surface area contributed by atoms with Gasteiger partial charge in [-0.3, -0.25) is 0 Å². The van der Waals surface area contributed by atoms with E-state index < -0.39 is 10.0 Å². The monoisotopic (exact) mass is 298 g/mol. The van der Waals surface area contributed by atoms with Gasteiger partial charge in [-0.25, -0.2) is 13.1 Å². The van der Waals surface area contributed by atoms with Crippen LogP contribution in [0.1, 0.15) is 20.3 Å². The maximum atomic E-state index is 12.1. The highest BCUT2D eigenvalue weighted by atomic mass is 32.2. The van der Waals surface area contributed by atoms with Crippen molar-refractivity contribution in [1.82, 2.24) is 9.62 Å².